The predicted octanol–water partition coefficient (Wildman–Crippen LogP) is 3.55. The van der Waals surface area contributed by atoms with Crippen LogP contribution in [0.5, 0.6) is 5.75 Å². The van der Waals surface area contributed by atoms with Gasteiger partial charge in [0.05, 0.1) is 11.4 Å². The van der Waals surface area contributed by atoms with Crippen LogP contribution in [-0.4, -0.2) is 20.7 Å². The quantitative estimate of drug-likeness (QED) is 0.520. The van der Waals surface area contributed by atoms with Crippen LogP contribution in [0.1, 0.15) is 43.6 Å². The third-order valence-corrected chi connectivity index (χ3v) is 3.25. The number of nitrogens with zero attached hydrogens (tertiary/aromatic N) is 3. The van der Waals surface area contributed by atoms with E-state index >= 15 is 0 Å². The lowest BCUT2D eigenvalue weighted by Gasteiger charge is -2.11. The minimum absolute atomic E-state index is 0.331. The summed E-state index contributed by atoms with van der Waals surface area (Å²) in [5, 5.41) is 16.7. The second-order valence-corrected chi connectivity index (χ2v) is 5.35. The summed E-state index contributed by atoms with van der Waals surface area (Å²) < 4.78 is 7.75. The number of aryl methyl sites for hydroxylation is 1. The first-order valence-corrected chi connectivity index (χ1v) is 6.97. The lowest BCUT2D eigenvalue weighted by molar-refractivity contribution is 0.296. The van der Waals surface area contributed by atoms with Gasteiger partial charge in [0.2, 0.25) is 0 Å². The van der Waals surface area contributed by atoms with Gasteiger partial charge in [0.25, 0.3) is 0 Å². The summed E-state index contributed by atoms with van der Waals surface area (Å²) in [6, 6.07) is 8.07. The van der Waals surface area contributed by atoms with E-state index in [2.05, 4.69) is 24.1 Å². The van der Waals surface area contributed by atoms with Gasteiger partial charge in [-0.3, -0.25) is 4.68 Å². The van der Waals surface area contributed by atoms with Crippen molar-refractivity contribution in [2.45, 2.75) is 40.3 Å². The van der Waals surface area contributed by atoms with E-state index in [-0.39, 0.29) is 0 Å². The van der Waals surface area contributed by atoms with Gasteiger partial charge < -0.3 is 9.94 Å². The van der Waals surface area contributed by atoms with E-state index < -0.39 is 0 Å². The largest absolute Gasteiger partial charge is 0.487 e. The van der Waals surface area contributed by atoms with Gasteiger partial charge in [-0.2, -0.15) is 5.10 Å². The van der Waals surface area contributed by atoms with Crippen molar-refractivity contribution in [2.75, 3.05) is 0 Å². The lowest BCUT2D eigenvalue weighted by Crippen LogP contribution is -2.05. The molecule has 1 heterocycles. The Bertz CT molecular complexity index is 645. The standard InChI is InChI=1S/C16H21N3O2/c1-11(2)19-8-7-14(17-19)10-21-16-9-12(3)5-6-15(16)13(4)18-20/h5-9,11,20H,10H2,1-4H3. The molecule has 0 saturated heterocycles. The van der Waals surface area contributed by atoms with E-state index in [0.29, 0.717) is 24.1 Å². The van der Waals surface area contributed by atoms with Crippen molar-refractivity contribution < 1.29 is 9.94 Å². The Hall–Kier alpha value is -2.30. The van der Waals surface area contributed by atoms with Crippen LogP contribution in [0, 0.1) is 6.92 Å². The molecule has 0 saturated carbocycles. The van der Waals surface area contributed by atoms with E-state index in [0.717, 1.165) is 16.8 Å². The van der Waals surface area contributed by atoms with Gasteiger partial charge in [0, 0.05) is 17.8 Å². The highest BCUT2D eigenvalue weighted by molar-refractivity contribution is 6.00. The van der Waals surface area contributed by atoms with Crippen molar-refractivity contribution in [2.24, 2.45) is 5.16 Å². The average molecular weight is 287 g/mol. The third kappa shape index (κ3) is 3.62. The molecule has 0 bridgehead atoms. The molecule has 0 radical (unpaired) electrons. The first-order valence-electron chi connectivity index (χ1n) is 6.97. The number of benzene rings is 1. The molecule has 0 fully saturated rings. The lowest BCUT2D eigenvalue weighted by atomic mass is 10.1. The van der Waals surface area contributed by atoms with Crippen LogP contribution in [0.4, 0.5) is 0 Å². The fourth-order valence-corrected chi connectivity index (χ4v) is 2.00. The molecule has 21 heavy (non-hydrogen) atoms. The van der Waals surface area contributed by atoms with E-state index in [9.17, 15) is 0 Å². The first kappa shape index (κ1) is 15.1. The minimum atomic E-state index is 0.331. The zero-order valence-corrected chi connectivity index (χ0v) is 12.9. The highest BCUT2D eigenvalue weighted by atomic mass is 16.5. The molecular formula is C16H21N3O2. The molecule has 1 aromatic carbocycles. The number of rotatable bonds is 5. The molecule has 5 heteroatoms. The molecule has 0 aliphatic carbocycles. The molecule has 2 aromatic rings. The zero-order valence-electron chi connectivity index (χ0n) is 12.9. The number of aromatic nitrogens is 2. The maximum atomic E-state index is 8.95. The van der Waals surface area contributed by atoms with E-state index in [4.69, 9.17) is 9.94 Å². The number of ether oxygens (including phenoxy) is 1. The summed E-state index contributed by atoms with van der Waals surface area (Å²) in [5.41, 5.74) is 3.27. The molecular weight excluding hydrogens is 266 g/mol. The van der Waals surface area contributed by atoms with E-state index in [1.165, 1.54) is 0 Å². The summed E-state index contributed by atoms with van der Waals surface area (Å²) in [6.07, 6.45) is 1.95. The highest BCUT2D eigenvalue weighted by Gasteiger charge is 2.09. The molecule has 2 rings (SSSR count). The van der Waals surface area contributed by atoms with Crippen LogP contribution in [0.15, 0.2) is 35.6 Å². The Morgan fingerprint density at radius 2 is 2.14 bits per heavy atom. The Labute approximate surface area is 124 Å². The van der Waals surface area contributed by atoms with Crippen molar-refractivity contribution in [3.8, 4) is 5.75 Å². The van der Waals surface area contributed by atoms with Crippen molar-refractivity contribution in [3.63, 3.8) is 0 Å². The summed E-state index contributed by atoms with van der Waals surface area (Å²) in [6.45, 7) is 8.28. The molecule has 0 atom stereocenters. The smallest absolute Gasteiger partial charge is 0.132 e. The molecule has 5 nitrogen and oxygen atoms in total. The molecule has 0 aliphatic rings. The summed E-state index contributed by atoms with van der Waals surface area (Å²) in [5.74, 6) is 0.699. The molecule has 1 N–H and O–H groups in total. The van der Waals surface area contributed by atoms with Crippen molar-refractivity contribution in [1.29, 1.82) is 0 Å². The van der Waals surface area contributed by atoms with Crippen molar-refractivity contribution in [3.05, 3.63) is 47.3 Å². The second-order valence-electron chi connectivity index (χ2n) is 5.35. The van der Waals surface area contributed by atoms with Gasteiger partial charge in [-0.05, 0) is 51.5 Å². The van der Waals surface area contributed by atoms with Gasteiger partial charge >= 0.3 is 0 Å². The Morgan fingerprint density at radius 3 is 2.76 bits per heavy atom. The summed E-state index contributed by atoms with van der Waals surface area (Å²) in [7, 11) is 0. The predicted molar refractivity (Wildman–Crippen MR) is 82.1 cm³/mol. The molecule has 0 amide bonds. The van der Waals surface area contributed by atoms with Crippen molar-refractivity contribution >= 4 is 5.71 Å². The molecule has 1 aromatic heterocycles. The van der Waals surface area contributed by atoms with E-state index in [1.807, 2.05) is 42.1 Å². The van der Waals surface area contributed by atoms with E-state index in [1.54, 1.807) is 6.92 Å². The monoisotopic (exact) mass is 287 g/mol. The third-order valence-electron chi connectivity index (χ3n) is 3.25. The first-order chi connectivity index (χ1) is 10.0. The van der Waals surface area contributed by atoms with Crippen LogP contribution in [0.3, 0.4) is 0 Å². The van der Waals surface area contributed by atoms with Gasteiger partial charge in [-0.15, -0.1) is 0 Å². The van der Waals surface area contributed by atoms with Crippen molar-refractivity contribution in [1.82, 2.24) is 9.78 Å². The number of oxime groups is 1. The van der Waals surface area contributed by atoms with Crippen LogP contribution >= 0.6 is 0 Å². The SMILES string of the molecule is CC(=NO)c1ccc(C)cc1OCc1ccn(C(C)C)n1. The minimum Gasteiger partial charge on any atom is -0.487 e. The maximum absolute atomic E-state index is 8.95. The zero-order chi connectivity index (χ0) is 15.4. The molecule has 0 spiro atoms. The van der Waals surface area contributed by atoms with Crippen LogP contribution < -0.4 is 4.74 Å². The topological polar surface area (TPSA) is 59.6 Å². The fraction of sp³-hybridized carbons (Fsp3) is 0.375. The van der Waals surface area contributed by atoms with Crippen LogP contribution in [0.25, 0.3) is 0 Å². The van der Waals surface area contributed by atoms with Crippen LogP contribution in [0.2, 0.25) is 0 Å². The maximum Gasteiger partial charge on any atom is 0.132 e. The average Bonchev–Trinajstić information content (AvgIpc) is 2.93. The van der Waals surface area contributed by atoms with Gasteiger partial charge in [0.15, 0.2) is 0 Å². The number of hydrogen-bond acceptors (Lipinski definition) is 4. The fourth-order valence-electron chi connectivity index (χ4n) is 2.00. The Morgan fingerprint density at radius 1 is 1.38 bits per heavy atom. The Balaban J connectivity index is 2.17. The number of hydrogen-bond donors (Lipinski definition) is 1. The summed E-state index contributed by atoms with van der Waals surface area (Å²) >= 11 is 0. The normalized spacial score (nSPS) is 12.0. The highest BCUT2D eigenvalue weighted by Crippen LogP contribution is 2.22. The summed E-state index contributed by atoms with van der Waals surface area (Å²) in [4.78, 5) is 0. The second kappa shape index (κ2) is 6.43. The van der Waals surface area contributed by atoms with Crippen LogP contribution in [-0.2, 0) is 6.61 Å². The Kier molecular flexibility index (Phi) is 4.62. The van der Waals surface area contributed by atoms with Gasteiger partial charge in [-0.1, -0.05) is 11.2 Å². The molecule has 0 aliphatic heterocycles. The molecule has 112 valence electrons. The molecule has 0 unspecified atom stereocenters. The van der Waals surface area contributed by atoms with Gasteiger partial charge in [-0.25, -0.2) is 0 Å². The van der Waals surface area contributed by atoms with Gasteiger partial charge in [0.1, 0.15) is 12.4 Å².